The summed E-state index contributed by atoms with van der Waals surface area (Å²) in [5, 5.41) is 10.3. The zero-order valence-electron chi connectivity index (χ0n) is 24.3. The van der Waals surface area contributed by atoms with Crippen molar-refractivity contribution >= 4 is 33.2 Å². The smallest absolute Gasteiger partial charge is 0.261 e. The van der Waals surface area contributed by atoms with E-state index in [0.29, 0.717) is 41.7 Å². The number of carbonyl (C=O) groups is 1. The van der Waals surface area contributed by atoms with Crippen molar-refractivity contribution in [2.45, 2.75) is 43.9 Å². The molecule has 3 aromatic carbocycles. The maximum absolute atomic E-state index is 13.5. The number of nitrogens with zero attached hydrogens (tertiary/aromatic N) is 2. The number of hydrogen-bond acceptors (Lipinski definition) is 8. The minimum atomic E-state index is -3.89. The van der Waals surface area contributed by atoms with Gasteiger partial charge >= 0.3 is 0 Å². The number of anilines is 1. The molecule has 1 amide bonds. The van der Waals surface area contributed by atoms with Crippen LogP contribution < -0.4 is 18.9 Å². The third kappa shape index (κ3) is 7.35. The molecule has 0 radical (unpaired) electrons. The SMILES string of the molecule is C[C@H]1CN([C@@H](C)CO)C(=O)Cc2cc(NS(=O)(=O)c3ccc(Cl)cc3)ccc2O[C@H]1CN(C)Cc1ccc2c(c1)OCO2. The van der Waals surface area contributed by atoms with Gasteiger partial charge in [0.2, 0.25) is 12.7 Å². The van der Waals surface area contributed by atoms with E-state index in [-0.39, 0.29) is 42.6 Å². The molecule has 2 heterocycles. The first-order chi connectivity index (χ1) is 20.5. The molecule has 2 aliphatic rings. The third-order valence-electron chi connectivity index (χ3n) is 7.67. The topological polar surface area (TPSA) is 118 Å². The van der Waals surface area contributed by atoms with E-state index in [1.807, 2.05) is 39.1 Å². The van der Waals surface area contributed by atoms with Crippen molar-refractivity contribution in [3.8, 4) is 17.2 Å². The summed E-state index contributed by atoms with van der Waals surface area (Å²) in [6, 6.07) is 16.3. The molecule has 3 atom stereocenters. The van der Waals surface area contributed by atoms with Gasteiger partial charge in [-0.05, 0) is 74.1 Å². The van der Waals surface area contributed by atoms with Gasteiger partial charge in [-0.3, -0.25) is 14.4 Å². The molecule has 10 nitrogen and oxygen atoms in total. The fraction of sp³-hybridized carbons (Fsp3) is 0.387. The molecule has 5 rings (SSSR count). The Balaban J connectivity index is 1.40. The Labute approximate surface area is 257 Å². The van der Waals surface area contributed by atoms with Crippen molar-refractivity contribution in [2.24, 2.45) is 5.92 Å². The fourth-order valence-electron chi connectivity index (χ4n) is 5.26. The number of sulfonamides is 1. The maximum Gasteiger partial charge on any atom is 0.261 e. The van der Waals surface area contributed by atoms with E-state index in [4.69, 9.17) is 25.8 Å². The molecule has 0 bridgehead atoms. The monoisotopic (exact) mass is 629 g/mol. The molecule has 0 saturated heterocycles. The molecule has 230 valence electrons. The number of benzene rings is 3. The Kier molecular flexibility index (Phi) is 9.36. The Hall–Kier alpha value is -3.51. The van der Waals surface area contributed by atoms with E-state index in [9.17, 15) is 18.3 Å². The first kappa shape index (κ1) is 30.9. The molecule has 0 saturated carbocycles. The second-order valence-electron chi connectivity index (χ2n) is 11.2. The van der Waals surface area contributed by atoms with Crippen LogP contribution in [0.3, 0.4) is 0 Å². The van der Waals surface area contributed by atoms with Crippen molar-refractivity contribution in [3.05, 3.63) is 76.8 Å². The van der Waals surface area contributed by atoms with Crippen molar-refractivity contribution in [2.75, 3.05) is 38.3 Å². The highest BCUT2D eigenvalue weighted by Gasteiger charge is 2.31. The Morgan fingerprint density at radius 2 is 1.79 bits per heavy atom. The molecular formula is C31H36ClN3O7S. The predicted molar refractivity (Wildman–Crippen MR) is 163 cm³/mol. The summed E-state index contributed by atoms with van der Waals surface area (Å²) < 4.78 is 46.2. The number of halogens is 1. The highest BCUT2D eigenvalue weighted by Crippen LogP contribution is 2.33. The second kappa shape index (κ2) is 13.0. The number of hydrogen-bond donors (Lipinski definition) is 2. The van der Waals surface area contributed by atoms with Gasteiger partial charge in [-0.1, -0.05) is 24.6 Å². The van der Waals surface area contributed by atoms with Crippen LogP contribution in [0.2, 0.25) is 5.02 Å². The second-order valence-corrected chi connectivity index (χ2v) is 13.3. The van der Waals surface area contributed by atoms with E-state index in [0.717, 1.165) is 17.1 Å². The van der Waals surface area contributed by atoms with Gasteiger partial charge in [0.1, 0.15) is 11.9 Å². The van der Waals surface area contributed by atoms with Gasteiger partial charge in [0.05, 0.1) is 24.0 Å². The van der Waals surface area contributed by atoms with Gasteiger partial charge in [-0.15, -0.1) is 0 Å². The van der Waals surface area contributed by atoms with E-state index in [1.54, 1.807) is 23.1 Å². The molecule has 0 aromatic heterocycles. The van der Waals surface area contributed by atoms with Crippen molar-refractivity contribution in [3.63, 3.8) is 0 Å². The zero-order valence-corrected chi connectivity index (χ0v) is 25.9. The molecule has 0 fully saturated rings. The number of aliphatic hydroxyl groups is 1. The lowest BCUT2D eigenvalue weighted by Gasteiger charge is -2.34. The molecule has 43 heavy (non-hydrogen) atoms. The lowest BCUT2D eigenvalue weighted by Crippen LogP contribution is -2.47. The Morgan fingerprint density at radius 1 is 1.07 bits per heavy atom. The van der Waals surface area contributed by atoms with E-state index in [1.165, 1.54) is 24.3 Å². The minimum absolute atomic E-state index is 0.0112. The summed E-state index contributed by atoms with van der Waals surface area (Å²) in [5.74, 6) is 1.71. The molecule has 12 heteroatoms. The number of likely N-dealkylation sites (N-methyl/N-ethyl adjacent to an activating group) is 1. The molecule has 0 spiro atoms. The molecule has 2 aliphatic heterocycles. The number of amides is 1. The number of aliphatic hydroxyl groups excluding tert-OH is 1. The highest BCUT2D eigenvalue weighted by atomic mass is 35.5. The molecule has 3 aromatic rings. The van der Waals surface area contributed by atoms with Crippen LogP contribution in [0.5, 0.6) is 17.2 Å². The van der Waals surface area contributed by atoms with Crippen LogP contribution in [0.1, 0.15) is 25.0 Å². The zero-order chi connectivity index (χ0) is 30.7. The van der Waals surface area contributed by atoms with Crippen LogP contribution >= 0.6 is 11.6 Å². The highest BCUT2D eigenvalue weighted by molar-refractivity contribution is 7.92. The standard InChI is InChI=1S/C31H36ClN3O7S/c1-20-15-35(21(2)18-36)31(37)14-23-13-25(33-43(38,39)26-8-5-24(32)6-9-26)7-11-27(23)42-30(20)17-34(3)16-22-4-10-28-29(12-22)41-19-40-28/h4-13,20-21,30,33,36H,14-19H2,1-3H3/t20-,21-,30-/m0/s1. The summed E-state index contributed by atoms with van der Waals surface area (Å²) in [6.07, 6.45) is -0.323. The number of nitrogens with one attached hydrogen (secondary N) is 1. The van der Waals surface area contributed by atoms with E-state index in [2.05, 4.69) is 9.62 Å². The van der Waals surface area contributed by atoms with Gasteiger partial charge in [0.25, 0.3) is 10.0 Å². The van der Waals surface area contributed by atoms with Gasteiger partial charge in [0.15, 0.2) is 11.5 Å². The summed E-state index contributed by atoms with van der Waals surface area (Å²) in [6.45, 7) is 5.46. The molecule has 0 unspecified atom stereocenters. The van der Waals surface area contributed by atoms with Gasteiger partial charge in [-0.25, -0.2) is 8.42 Å². The van der Waals surface area contributed by atoms with Crippen LogP contribution in [0, 0.1) is 5.92 Å². The lowest BCUT2D eigenvalue weighted by atomic mass is 10.0. The summed E-state index contributed by atoms with van der Waals surface area (Å²) in [4.78, 5) is 17.4. The van der Waals surface area contributed by atoms with Crippen molar-refractivity contribution < 1.29 is 32.5 Å². The average Bonchev–Trinajstić information content (AvgIpc) is 3.45. The van der Waals surface area contributed by atoms with Crippen molar-refractivity contribution in [1.82, 2.24) is 9.80 Å². The van der Waals surface area contributed by atoms with Crippen molar-refractivity contribution in [1.29, 1.82) is 0 Å². The first-order valence-corrected chi connectivity index (χ1v) is 15.9. The van der Waals surface area contributed by atoms with Crippen LogP contribution in [0.25, 0.3) is 0 Å². The lowest BCUT2D eigenvalue weighted by molar-refractivity contribution is -0.134. The minimum Gasteiger partial charge on any atom is -0.488 e. The number of fused-ring (bicyclic) bond motifs is 2. The first-order valence-electron chi connectivity index (χ1n) is 14.1. The average molecular weight is 630 g/mol. The third-order valence-corrected chi connectivity index (χ3v) is 9.32. The number of carbonyl (C=O) groups excluding carboxylic acids is 1. The summed E-state index contributed by atoms with van der Waals surface area (Å²) in [7, 11) is -1.89. The molecular weight excluding hydrogens is 594 g/mol. The number of rotatable bonds is 9. The quantitative estimate of drug-likeness (QED) is 0.363. The predicted octanol–water partition coefficient (Wildman–Crippen LogP) is 4.15. The molecule has 0 aliphatic carbocycles. The van der Waals surface area contributed by atoms with E-state index >= 15 is 0 Å². The fourth-order valence-corrected chi connectivity index (χ4v) is 6.44. The van der Waals surface area contributed by atoms with Gasteiger partial charge < -0.3 is 24.2 Å². The largest absolute Gasteiger partial charge is 0.488 e. The Bertz CT molecular complexity index is 1570. The normalized spacial score (nSPS) is 19.2. The van der Waals surface area contributed by atoms with E-state index < -0.39 is 16.1 Å². The summed E-state index contributed by atoms with van der Waals surface area (Å²) in [5.41, 5.74) is 1.91. The van der Waals surface area contributed by atoms with Gasteiger partial charge in [0, 0.05) is 41.8 Å². The van der Waals surface area contributed by atoms with Crippen LogP contribution in [0.15, 0.2) is 65.6 Å². The summed E-state index contributed by atoms with van der Waals surface area (Å²) >= 11 is 5.92. The van der Waals surface area contributed by atoms with Crippen LogP contribution in [0.4, 0.5) is 5.69 Å². The van der Waals surface area contributed by atoms with Gasteiger partial charge in [-0.2, -0.15) is 0 Å². The maximum atomic E-state index is 13.5. The Morgan fingerprint density at radius 3 is 2.53 bits per heavy atom. The van der Waals surface area contributed by atoms with Crippen LogP contribution in [-0.2, 0) is 27.8 Å². The number of ether oxygens (including phenoxy) is 3. The van der Waals surface area contributed by atoms with Crippen LogP contribution in [-0.4, -0.2) is 74.9 Å². The molecule has 2 N–H and O–H groups in total.